The van der Waals surface area contributed by atoms with Crippen molar-refractivity contribution in [3.63, 3.8) is 0 Å². The second-order valence-electron chi connectivity index (χ2n) is 9.53. The molecule has 0 spiro atoms. The highest BCUT2D eigenvalue weighted by molar-refractivity contribution is 5.70. The monoisotopic (exact) mass is 435 g/mol. The average Bonchev–Trinajstić information content (AvgIpc) is 2.76. The van der Waals surface area contributed by atoms with Crippen molar-refractivity contribution in [2.75, 3.05) is 26.2 Å². The van der Waals surface area contributed by atoms with Crippen molar-refractivity contribution in [2.24, 2.45) is 0 Å². The zero-order valence-corrected chi connectivity index (χ0v) is 19.8. The Balaban J connectivity index is 1.42. The van der Waals surface area contributed by atoms with Gasteiger partial charge in [-0.1, -0.05) is 54.1 Å². The van der Waals surface area contributed by atoms with Gasteiger partial charge in [-0.05, 0) is 76.3 Å². The van der Waals surface area contributed by atoms with Crippen molar-refractivity contribution in [2.45, 2.75) is 58.5 Å². The fraction of sp³-hybridized carbons (Fsp3) is 0.464. The van der Waals surface area contributed by atoms with Gasteiger partial charge in [0, 0.05) is 13.1 Å². The van der Waals surface area contributed by atoms with Crippen LogP contribution in [0.4, 0.5) is 0 Å². The Kier molecular flexibility index (Phi) is 8.92. The Morgan fingerprint density at radius 1 is 1.06 bits per heavy atom. The summed E-state index contributed by atoms with van der Waals surface area (Å²) < 4.78 is 11.3. The number of hydrogen-bond acceptors (Lipinski definition) is 4. The van der Waals surface area contributed by atoms with E-state index >= 15 is 0 Å². The van der Waals surface area contributed by atoms with Gasteiger partial charge in [-0.15, -0.1) is 0 Å². The summed E-state index contributed by atoms with van der Waals surface area (Å²) in [5.74, 6) is 0.802. The zero-order valence-electron chi connectivity index (χ0n) is 19.8. The molecule has 3 rings (SSSR count). The van der Waals surface area contributed by atoms with Crippen molar-refractivity contribution in [1.82, 2.24) is 4.90 Å². The molecule has 0 aliphatic carbocycles. The van der Waals surface area contributed by atoms with Gasteiger partial charge >= 0.3 is 5.97 Å². The predicted molar refractivity (Wildman–Crippen MR) is 131 cm³/mol. The molecule has 4 heteroatoms. The molecule has 0 N–H and O–H groups in total. The molecule has 1 heterocycles. The normalized spacial score (nSPS) is 16.2. The van der Waals surface area contributed by atoms with Gasteiger partial charge in [-0.2, -0.15) is 0 Å². The quantitative estimate of drug-likeness (QED) is 0.363. The molecular formula is C28H37NO3. The highest BCUT2D eigenvalue weighted by atomic mass is 16.6. The first kappa shape index (κ1) is 24.1. The molecule has 2 aromatic rings. The molecule has 0 saturated carbocycles. The lowest BCUT2D eigenvalue weighted by molar-refractivity contribution is -0.155. The number of carbonyl (C=O) groups is 1. The first-order valence-electron chi connectivity index (χ1n) is 11.8. The summed E-state index contributed by atoms with van der Waals surface area (Å²) in [7, 11) is 0. The summed E-state index contributed by atoms with van der Waals surface area (Å²) in [5.41, 5.74) is 3.55. The fourth-order valence-electron chi connectivity index (χ4n) is 3.93. The second kappa shape index (κ2) is 11.9. The van der Waals surface area contributed by atoms with Crippen molar-refractivity contribution in [3.05, 3.63) is 71.3 Å². The van der Waals surface area contributed by atoms with Crippen LogP contribution in [0.1, 0.15) is 57.6 Å². The number of benzene rings is 2. The summed E-state index contributed by atoms with van der Waals surface area (Å²) in [6.07, 6.45) is 7.01. The third-order valence-electron chi connectivity index (χ3n) is 5.42. The zero-order chi connectivity index (χ0) is 22.8. The summed E-state index contributed by atoms with van der Waals surface area (Å²) in [5, 5.41) is 0. The van der Waals surface area contributed by atoms with E-state index in [-0.39, 0.29) is 5.97 Å². The topological polar surface area (TPSA) is 38.8 Å². The van der Waals surface area contributed by atoms with Crippen LogP contribution < -0.4 is 4.74 Å². The van der Waals surface area contributed by atoms with Gasteiger partial charge in [-0.25, -0.2) is 0 Å². The maximum Gasteiger partial charge on any atom is 0.307 e. The molecule has 172 valence electrons. The molecule has 1 aliphatic rings. The molecule has 0 radical (unpaired) electrons. The Labute approximate surface area is 193 Å². The summed E-state index contributed by atoms with van der Waals surface area (Å²) >= 11 is 0. The van der Waals surface area contributed by atoms with Gasteiger partial charge in [0.05, 0.1) is 13.0 Å². The summed E-state index contributed by atoms with van der Waals surface area (Å²) in [6.45, 7) is 9.16. The van der Waals surface area contributed by atoms with Gasteiger partial charge in [-0.3, -0.25) is 9.69 Å². The standard InChI is InChI=1S/C28H37NO3/c1-28(2,3)32-27(30)17-19-29-18-7-11-25(22-29)21-24-13-15-26(16-14-24)31-20-8-12-23-9-5-4-6-10-23/h4-6,9-10,13-16,21H,7-8,11-12,17-20,22H2,1-3H3/b25-21-. The number of likely N-dealkylation sites (tertiary alicyclic amines) is 1. The number of rotatable bonds is 9. The number of aryl methyl sites for hydroxylation is 1. The van der Waals surface area contributed by atoms with E-state index in [9.17, 15) is 4.79 Å². The van der Waals surface area contributed by atoms with E-state index in [2.05, 4.69) is 59.5 Å². The van der Waals surface area contributed by atoms with E-state index in [1.54, 1.807) is 0 Å². The number of hydrogen-bond donors (Lipinski definition) is 0. The van der Waals surface area contributed by atoms with E-state index in [0.717, 1.165) is 57.7 Å². The predicted octanol–water partition coefficient (Wildman–Crippen LogP) is 5.91. The van der Waals surface area contributed by atoms with Crippen LogP contribution in [0.3, 0.4) is 0 Å². The Morgan fingerprint density at radius 3 is 2.53 bits per heavy atom. The van der Waals surface area contributed by atoms with Crippen LogP contribution in [0.15, 0.2) is 60.2 Å². The number of nitrogens with zero attached hydrogens (tertiary/aromatic N) is 1. The van der Waals surface area contributed by atoms with E-state index in [0.29, 0.717) is 6.42 Å². The maximum atomic E-state index is 12.0. The molecular weight excluding hydrogens is 398 g/mol. The lowest BCUT2D eigenvalue weighted by Gasteiger charge is -2.29. The van der Waals surface area contributed by atoms with Gasteiger partial charge in [0.2, 0.25) is 0 Å². The first-order valence-corrected chi connectivity index (χ1v) is 11.8. The fourth-order valence-corrected chi connectivity index (χ4v) is 3.93. The molecule has 0 bridgehead atoms. The number of ether oxygens (including phenoxy) is 2. The van der Waals surface area contributed by atoms with Crippen LogP contribution in [0.25, 0.3) is 6.08 Å². The highest BCUT2D eigenvalue weighted by Crippen LogP contribution is 2.21. The van der Waals surface area contributed by atoms with Crippen LogP contribution >= 0.6 is 0 Å². The SMILES string of the molecule is CC(C)(C)OC(=O)CCN1CCC/C(=C/c2ccc(OCCCc3ccccc3)cc2)C1. The minimum absolute atomic E-state index is 0.118. The van der Waals surface area contributed by atoms with E-state index < -0.39 is 5.60 Å². The first-order chi connectivity index (χ1) is 15.4. The highest BCUT2D eigenvalue weighted by Gasteiger charge is 2.19. The van der Waals surface area contributed by atoms with E-state index in [1.165, 1.54) is 16.7 Å². The lowest BCUT2D eigenvalue weighted by Crippen LogP contribution is -2.34. The Hall–Kier alpha value is -2.59. The summed E-state index contributed by atoms with van der Waals surface area (Å²) in [4.78, 5) is 14.3. The van der Waals surface area contributed by atoms with Gasteiger partial charge in [0.1, 0.15) is 11.4 Å². The molecule has 0 aromatic heterocycles. The van der Waals surface area contributed by atoms with Crippen LogP contribution in [-0.2, 0) is 16.0 Å². The van der Waals surface area contributed by atoms with Crippen LogP contribution in [0.5, 0.6) is 5.75 Å². The molecule has 4 nitrogen and oxygen atoms in total. The van der Waals surface area contributed by atoms with Gasteiger partial charge in [0.25, 0.3) is 0 Å². The maximum absolute atomic E-state index is 12.0. The van der Waals surface area contributed by atoms with Gasteiger partial charge < -0.3 is 9.47 Å². The van der Waals surface area contributed by atoms with Crippen molar-refractivity contribution in [1.29, 1.82) is 0 Å². The third kappa shape index (κ3) is 8.88. The molecule has 1 fully saturated rings. The molecule has 1 saturated heterocycles. The minimum Gasteiger partial charge on any atom is -0.494 e. The van der Waals surface area contributed by atoms with Gasteiger partial charge in [0.15, 0.2) is 0 Å². The number of carbonyl (C=O) groups excluding carboxylic acids is 1. The second-order valence-corrected chi connectivity index (χ2v) is 9.53. The molecule has 0 atom stereocenters. The average molecular weight is 436 g/mol. The Bertz CT molecular complexity index is 866. The Morgan fingerprint density at radius 2 is 1.81 bits per heavy atom. The van der Waals surface area contributed by atoms with Crippen LogP contribution in [-0.4, -0.2) is 42.7 Å². The molecule has 2 aromatic carbocycles. The summed E-state index contributed by atoms with van der Waals surface area (Å²) in [6, 6.07) is 18.9. The van der Waals surface area contributed by atoms with Crippen molar-refractivity contribution >= 4 is 12.0 Å². The largest absolute Gasteiger partial charge is 0.494 e. The van der Waals surface area contributed by atoms with E-state index in [1.807, 2.05) is 26.8 Å². The van der Waals surface area contributed by atoms with Crippen LogP contribution in [0.2, 0.25) is 0 Å². The van der Waals surface area contributed by atoms with Crippen molar-refractivity contribution in [3.8, 4) is 5.75 Å². The molecule has 0 amide bonds. The third-order valence-corrected chi connectivity index (χ3v) is 5.42. The molecule has 1 aliphatic heterocycles. The number of piperidine rings is 1. The molecule has 0 unspecified atom stereocenters. The van der Waals surface area contributed by atoms with E-state index in [4.69, 9.17) is 9.47 Å². The van der Waals surface area contributed by atoms with Crippen molar-refractivity contribution < 1.29 is 14.3 Å². The van der Waals surface area contributed by atoms with Crippen LogP contribution in [0, 0.1) is 0 Å². The lowest BCUT2D eigenvalue weighted by atomic mass is 10.0. The minimum atomic E-state index is -0.415. The molecule has 32 heavy (non-hydrogen) atoms. The number of esters is 1. The smallest absolute Gasteiger partial charge is 0.307 e.